The number of carbonyl (C=O) groups excluding carboxylic acids is 2. The van der Waals surface area contributed by atoms with Gasteiger partial charge < -0.3 is 10.2 Å². The third-order valence-corrected chi connectivity index (χ3v) is 4.53. The normalized spacial score (nSPS) is 10.3. The summed E-state index contributed by atoms with van der Waals surface area (Å²) in [4.78, 5) is 35.7. The highest BCUT2D eigenvalue weighted by Crippen LogP contribution is 2.23. The van der Waals surface area contributed by atoms with E-state index in [2.05, 4.69) is 5.32 Å². The van der Waals surface area contributed by atoms with Crippen molar-refractivity contribution in [3.63, 3.8) is 0 Å². The number of carbonyl (C=O) groups is 2. The van der Waals surface area contributed by atoms with Crippen LogP contribution in [0.4, 0.5) is 5.69 Å². The third-order valence-electron chi connectivity index (χ3n) is 3.48. The Morgan fingerprint density at radius 2 is 2.12 bits per heavy atom. The average Bonchev–Trinajstić information content (AvgIpc) is 3.10. The maximum Gasteiger partial charge on any atom is 0.269 e. The van der Waals surface area contributed by atoms with Gasteiger partial charge in [-0.15, -0.1) is 0 Å². The number of nitrogens with zero attached hydrogens (tertiary/aromatic N) is 2. The molecule has 1 heterocycles. The summed E-state index contributed by atoms with van der Waals surface area (Å²) in [6, 6.07) is 5.81. The van der Waals surface area contributed by atoms with Crippen molar-refractivity contribution >= 4 is 40.4 Å². The lowest BCUT2D eigenvalue weighted by molar-refractivity contribution is -0.384. The van der Waals surface area contributed by atoms with Crippen molar-refractivity contribution in [1.29, 1.82) is 0 Å². The van der Waals surface area contributed by atoms with Crippen molar-refractivity contribution in [3.8, 4) is 0 Å². The molecular formula is C16H16ClN3O4S. The molecule has 0 fully saturated rings. The van der Waals surface area contributed by atoms with Gasteiger partial charge in [-0.1, -0.05) is 11.6 Å². The first kappa shape index (κ1) is 18.9. The van der Waals surface area contributed by atoms with Crippen LogP contribution in [0.15, 0.2) is 35.0 Å². The van der Waals surface area contributed by atoms with Gasteiger partial charge >= 0.3 is 0 Å². The molecule has 2 rings (SSSR count). The van der Waals surface area contributed by atoms with Crippen LogP contribution in [0.3, 0.4) is 0 Å². The molecule has 0 atom stereocenters. The van der Waals surface area contributed by atoms with Crippen LogP contribution < -0.4 is 5.32 Å². The third kappa shape index (κ3) is 5.27. The van der Waals surface area contributed by atoms with Crippen LogP contribution in [-0.2, 0) is 11.3 Å². The van der Waals surface area contributed by atoms with E-state index in [1.54, 1.807) is 23.9 Å². The summed E-state index contributed by atoms with van der Waals surface area (Å²) in [5.41, 5.74) is 0.978. The molecule has 0 saturated carbocycles. The molecular weight excluding hydrogens is 366 g/mol. The largest absolute Gasteiger partial charge is 0.351 e. The monoisotopic (exact) mass is 381 g/mol. The zero-order chi connectivity index (χ0) is 18.4. The summed E-state index contributed by atoms with van der Waals surface area (Å²) < 4.78 is 0. The van der Waals surface area contributed by atoms with E-state index in [4.69, 9.17) is 11.6 Å². The van der Waals surface area contributed by atoms with Gasteiger partial charge in [-0.2, -0.15) is 11.3 Å². The van der Waals surface area contributed by atoms with Crippen molar-refractivity contribution in [2.75, 3.05) is 13.6 Å². The highest BCUT2D eigenvalue weighted by Gasteiger charge is 2.15. The van der Waals surface area contributed by atoms with E-state index in [0.717, 1.165) is 0 Å². The SMILES string of the molecule is CN(Cc1cc([N+](=O)[O-])ccc1Cl)C(=O)CCNC(=O)c1ccsc1. The summed E-state index contributed by atoms with van der Waals surface area (Å²) in [5.74, 6) is -0.424. The summed E-state index contributed by atoms with van der Waals surface area (Å²) in [5, 5.41) is 17.4. The van der Waals surface area contributed by atoms with Gasteiger partial charge in [0.1, 0.15) is 0 Å². The van der Waals surface area contributed by atoms with E-state index < -0.39 is 4.92 Å². The molecule has 2 amide bonds. The number of halogens is 1. The molecule has 1 aromatic carbocycles. The van der Waals surface area contributed by atoms with Crippen molar-refractivity contribution in [2.45, 2.75) is 13.0 Å². The number of hydrogen-bond acceptors (Lipinski definition) is 5. The Bertz CT molecular complexity index is 780. The predicted molar refractivity (Wildman–Crippen MR) is 95.8 cm³/mol. The summed E-state index contributed by atoms with van der Waals surface area (Å²) in [6.07, 6.45) is 0.124. The van der Waals surface area contributed by atoms with E-state index >= 15 is 0 Å². The molecule has 1 N–H and O–H groups in total. The standard InChI is InChI=1S/C16H16ClN3O4S/c1-19(9-12-8-13(20(23)24)2-3-14(12)17)15(21)4-6-18-16(22)11-5-7-25-10-11/h2-3,5,7-8,10H,4,6,9H2,1H3,(H,18,22). The fourth-order valence-electron chi connectivity index (χ4n) is 2.11. The van der Waals surface area contributed by atoms with Crippen molar-refractivity contribution in [3.05, 3.63) is 61.3 Å². The minimum absolute atomic E-state index is 0.0803. The zero-order valence-corrected chi connectivity index (χ0v) is 15.0. The number of rotatable bonds is 7. The first-order chi connectivity index (χ1) is 11.9. The van der Waals surface area contributed by atoms with Crippen LogP contribution in [0.2, 0.25) is 5.02 Å². The summed E-state index contributed by atoms with van der Waals surface area (Å²) in [7, 11) is 1.58. The zero-order valence-electron chi connectivity index (χ0n) is 13.4. The molecule has 0 bridgehead atoms. The smallest absolute Gasteiger partial charge is 0.269 e. The van der Waals surface area contributed by atoms with Gasteiger partial charge in [-0.25, -0.2) is 0 Å². The van der Waals surface area contributed by atoms with E-state index in [9.17, 15) is 19.7 Å². The fraction of sp³-hybridized carbons (Fsp3) is 0.250. The van der Waals surface area contributed by atoms with E-state index in [-0.39, 0.29) is 37.0 Å². The number of thiophene rings is 1. The van der Waals surface area contributed by atoms with Crippen LogP contribution >= 0.6 is 22.9 Å². The lowest BCUT2D eigenvalue weighted by atomic mass is 10.2. The first-order valence-electron chi connectivity index (χ1n) is 7.35. The molecule has 25 heavy (non-hydrogen) atoms. The molecule has 0 aliphatic heterocycles. The van der Waals surface area contributed by atoms with Crippen LogP contribution in [0.5, 0.6) is 0 Å². The topological polar surface area (TPSA) is 92.5 Å². The van der Waals surface area contributed by atoms with Crippen molar-refractivity contribution < 1.29 is 14.5 Å². The van der Waals surface area contributed by atoms with Gasteiger partial charge in [0.25, 0.3) is 11.6 Å². The highest BCUT2D eigenvalue weighted by molar-refractivity contribution is 7.08. The van der Waals surface area contributed by atoms with E-state index in [1.165, 1.54) is 34.4 Å². The predicted octanol–water partition coefficient (Wildman–Crippen LogP) is 3.09. The van der Waals surface area contributed by atoms with Gasteiger partial charge in [0.2, 0.25) is 5.91 Å². The van der Waals surface area contributed by atoms with Gasteiger partial charge in [-0.05, 0) is 23.1 Å². The molecule has 9 heteroatoms. The van der Waals surface area contributed by atoms with E-state index in [1.807, 2.05) is 0 Å². The fourth-order valence-corrected chi connectivity index (χ4v) is 2.92. The number of amides is 2. The molecule has 132 valence electrons. The Hall–Kier alpha value is -2.45. The molecule has 0 unspecified atom stereocenters. The number of non-ortho nitro benzene ring substituents is 1. The number of nitro benzene ring substituents is 1. The molecule has 1 aromatic heterocycles. The second-order valence-electron chi connectivity index (χ2n) is 5.30. The van der Waals surface area contributed by atoms with Crippen molar-refractivity contribution in [2.24, 2.45) is 0 Å². The number of benzene rings is 1. The van der Waals surface area contributed by atoms with Crippen LogP contribution in [0.25, 0.3) is 0 Å². The van der Waals surface area contributed by atoms with Gasteiger partial charge in [0.15, 0.2) is 0 Å². The van der Waals surface area contributed by atoms with Crippen molar-refractivity contribution in [1.82, 2.24) is 10.2 Å². The van der Waals surface area contributed by atoms with Crippen LogP contribution in [0.1, 0.15) is 22.3 Å². The molecule has 0 radical (unpaired) electrons. The number of nitrogens with one attached hydrogen (secondary N) is 1. The first-order valence-corrected chi connectivity index (χ1v) is 8.67. The van der Waals surface area contributed by atoms with Crippen LogP contribution in [0, 0.1) is 10.1 Å². The molecule has 7 nitrogen and oxygen atoms in total. The summed E-state index contributed by atoms with van der Waals surface area (Å²) in [6.45, 7) is 0.359. The minimum atomic E-state index is -0.512. The lowest BCUT2D eigenvalue weighted by Crippen LogP contribution is -2.31. The lowest BCUT2D eigenvalue weighted by Gasteiger charge is -2.18. The second-order valence-corrected chi connectivity index (χ2v) is 6.49. The Morgan fingerprint density at radius 3 is 2.76 bits per heavy atom. The van der Waals surface area contributed by atoms with E-state index in [0.29, 0.717) is 16.1 Å². The number of nitro groups is 1. The van der Waals surface area contributed by atoms with Gasteiger partial charge in [-0.3, -0.25) is 19.7 Å². The Morgan fingerprint density at radius 1 is 1.36 bits per heavy atom. The highest BCUT2D eigenvalue weighted by atomic mass is 35.5. The maximum atomic E-state index is 12.1. The summed E-state index contributed by atoms with van der Waals surface area (Å²) >= 11 is 7.46. The Kier molecular flexibility index (Phi) is 6.49. The number of hydrogen-bond donors (Lipinski definition) is 1. The molecule has 2 aromatic rings. The Labute approximate surface area is 153 Å². The molecule has 0 aliphatic carbocycles. The molecule has 0 spiro atoms. The quantitative estimate of drug-likeness (QED) is 0.589. The molecule has 0 saturated heterocycles. The van der Waals surface area contributed by atoms with Gasteiger partial charge in [0.05, 0.1) is 4.92 Å². The molecule has 0 aliphatic rings. The average molecular weight is 382 g/mol. The minimum Gasteiger partial charge on any atom is -0.351 e. The van der Waals surface area contributed by atoms with Crippen LogP contribution in [-0.4, -0.2) is 35.2 Å². The maximum absolute atomic E-state index is 12.1. The second kappa shape index (κ2) is 8.59. The Balaban J connectivity index is 1.87. The van der Waals surface area contributed by atoms with Gasteiger partial charge in [0, 0.05) is 54.7 Å².